The molecule has 1 atom stereocenters. The largest absolute Gasteiger partial charge is 0.358 e. The summed E-state index contributed by atoms with van der Waals surface area (Å²) in [6.45, 7) is 1.49. The fourth-order valence-corrected chi connectivity index (χ4v) is 1.69. The molecule has 0 rings (SSSR count). The van der Waals surface area contributed by atoms with Crippen LogP contribution in [0.5, 0.6) is 0 Å². The van der Waals surface area contributed by atoms with Crippen molar-refractivity contribution >= 4 is 15.7 Å². The Kier molecular flexibility index (Phi) is 2.87. The summed E-state index contributed by atoms with van der Waals surface area (Å²) in [6, 6.07) is 0. The zero-order valence-corrected chi connectivity index (χ0v) is 7.66. The minimum absolute atomic E-state index is 0.0501. The van der Waals surface area contributed by atoms with E-state index in [1.165, 1.54) is 14.0 Å². The van der Waals surface area contributed by atoms with Crippen LogP contribution in [0, 0.1) is 0 Å². The molecule has 0 aromatic rings. The van der Waals surface area contributed by atoms with E-state index in [1.54, 1.807) is 0 Å². The highest BCUT2D eigenvalue weighted by Gasteiger charge is 2.25. The second kappa shape index (κ2) is 3.71. The van der Waals surface area contributed by atoms with Gasteiger partial charge in [-0.3, -0.25) is 4.79 Å². The van der Waals surface area contributed by atoms with Crippen LogP contribution in [0.25, 0.3) is 0 Å². The molecule has 5 heteroatoms. The average Bonchev–Trinajstić information content (AvgIpc) is 1.99. The zero-order chi connectivity index (χ0) is 9.99. The molecule has 1 amide bonds. The van der Waals surface area contributed by atoms with Gasteiger partial charge in [-0.15, -0.1) is 0 Å². The molecule has 0 aliphatic heterocycles. The Morgan fingerprint density at radius 3 is 2.27 bits per heavy atom. The van der Waals surface area contributed by atoms with Crippen molar-refractivity contribution in [1.82, 2.24) is 5.32 Å². The van der Waals surface area contributed by atoms with E-state index in [0.29, 0.717) is 0 Å². The molecule has 0 aromatic heterocycles. The molecule has 0 bridgehead atoms. The van der Waals surface area contributed by atoms with Crippen LogP contribution in [0.15, 0.2) is 0 Å². The SMILES string of the molecule is [2H]C(CC)(C(=O)NC)S(C)(=O)=O. The Balaban J connectivity index is 5.09. The van der Waals surface area contributed by atoms with Crippen LogP contribution >= 0.6 is 0 Å². The number of nitrogens with one attached hydrogen (secondary N) is 1. The highest BCUT2D eigenvalue weighted by molar-refractivity contribution is 7.92. The Morgan fingerprint density at radius 2 is 2.18 bits per heavy atom. The summed E-state index contributed by atoms with van der Waals surface area (Å²) in [7, 11) is -2.36. The van der Waals surface area contributed by atoms with E-state index in [-0.39, 0.29) is 6.42 Å². The van der Waals surface area contributed by atoms with Gasteiger partial charge in [0.15, 0.2) is 9.84 Å². The molecule has 0 radical (unpaired) electrons. The number of carbonyl (C=O) groups excluding carboxylic acids is 1. The Hall–Kier alpha value is -0.580. The molecule has 11 heavy (non-hydrogen) atoms. The molecule has 1 unspecified atom stereocenters. The third-order valence-electron chi connectivity index (χ3n) is 1.25. The quantitative estimate of drug-likeness (QED) is 0.640. The number of hydrogen-bond acceptors (Lipinski definition) is 3. The molecule has 0 fully saturated rings. The number of carbonyl (C=O) groups is 1. The van der Waals surface area contributed by atoms with Gasteiger partial charge in [0.25, 0.3) is 0 Å². The standard InChI is InChI=1S/C6H13NO3S/c1-4-5(6(8)7-2)11(3,9)10/h5H,4H2,1-3H3,(H,7,8)/i5D. The van der Waals surface area contributed by atoms with Crippen molar-refractivity contribution in [2.45, 2.75) is 18.6 Å². The number of sulfone groups is 1. The summed E-state index contributed by atoms with van der Waals surface area (Å²) in [4.78, 5) is 11.0. The number of hydrogen-bond donors (Lipinski definition) is 1. The van der Waals surface area contributed by atoms with Crippen LogP contribution in [0.1, 0.15) is 14.7 Å². The number of rotatable bonds is 3. The topological polar surface area (TPSA) is 63.2 Å². The average molecular weight is 180 g/mol. The summed E-state index contributed by atoms with van der Waals surface area (Å²) in [6.07, 6.45) is 0.838. The molecule has 0 saturated carbocycles. The van der Waals surface area contributed by atoms with Crippen LogP contribution in [-0.4, -0.2) is 32.9 Å². The second-order valence-corrected chi connectivity index (χ2v) is 4.17. The minimum Gasteiger partial charge on any atom is -0.358 e. The lowest BCUT2D eigenvalue weighted by molar-refractivity contribution is -0.120. The summed E-state index contributed by atoms with van der Waals surface area (Å²) in [5.41, 5.74) is 0. The molecule has 0 heterocycles. The Morgan fingerprint density at radius 1 is 1.73 bits per heavy atom. The summed E-state index contributed by atoms with van der Waals surface area (Å²) < 4.78 is 29.5. The fourth-order valence-electron chi connectivity index (χ4n) is 0.731. The lowest BCUT2D eigenvalue weighted by atomic mass is 10.3. The van der Waals surface area contributed by atoms with Gasteiger partial charge in [-0.05, 0) is 6.42 Å². The second-order valence-electron chi connectivity index (χ2n) is 2.13. The van der Waals surface area contributed by atoms with Gasteiger partial charge in [0, 0.05) is 13.3 Å². The minimum atomic E-state index is -3.67. The number of amides is 1. The predicted molar refractivity (Wildman–Crippen MR) is 43.0 cm³/mol. The van der Waals surface area contributed by atoms with E-state index in [4.69, 9.17) is 1.37 Å². The fraction of sp³-hybridized carbons (Fsp3) is 0.833. The maximum absolute atomic E-state index is 11.0. The van der Waals surface area contributed by atoms with Gasteiger partial charge in [0.1, 0.15) is 5.23 Å². The van der Waals surface area contributed by atoms with Crippen molar-refractivity contribution in [2.75, 3.05) is 13.3 Å². The molecule has 4 nitrogen and oxygen atoms in total. The van der Waals surface area contributed by atoms with E-state index in [1.807, 2.05) is 0 Å². The first-order valence-corrected chi connectivity index (χ1v) is 5.10. The summed E-state index contributed by atoms with van der Waals surface area (Å²) in [5.74, 6) is -0.785. The normalized spacial score (nSPS) is 18.3. The van der Waals surface area contributed by atoms with Crippen LogP contribution in [-0.2, 0) is 14.6 Å². The highest BCUT2D eigenvalue weighted by atomic mass is 32.2. The first-order valence-electron chi connectivity index (χ1n) is 3.71. The van der Waals surface area contributed by atoms with Crippen molar-refractivity contribution in [3.63, 3.8) is 0 Å². The van der Waals surface area contributed by atoms with Gasteiger partial charge in [0.05, 0.1) is 1.37 Å². The molecule has 0 aromatic carbocycles. The predicted octanol–water partition coefficient (Wildman–Crippen LogP) is -0.444. The van der Waals surface area contributed by atoms with Crippen molar-refractivity contribution in [3.8, 4) is 0 Å². The molecule has 0 spiro atoms. The maximum atomic E-state index is 11.0. The third kappa shape index (κ3) is 2.88. The molecular weight excluding hydrogens is 166 g/mol. The molecule has 66 valence electrons. The monoisotopic (exact) mass is 180 g/mol. The van der Waals surface area contributed by atoms with Crippen LogP contribution < -0.4 is 5.32 Å². The molecule has 0 aliphatic rings. The Labute approximate surface area is 68.3 Å². The van der Waals surface area contributed by atoms with Gasteiger partial charge >= 0.3 is 0 Å². The van der Waals surface area contributed by atoms with Crippen LogP contribution in [0.2, 0.25) is 0 Å². The van der Waals surface area contributed by atoms with Gasteiger partial charge in [-0.2, -0.15) is 0 Å². The molecular formula is C6H13NO3S. The van der Waals surface area contributed by atoms with Crippen molar-refractivity contribution in [2.24, 2.45) is 0 Å². The van der Waals surface area contributed by atoms with E-state index in [2.05, 4.69) is 5.32 Å². The lowest BCUT2D eigenvalue weighted by Gasteiger charge is -2.09. The van der Waals surface area contributed by atoms with Crippen molar-refractivity contribution in [1.29, 1.82) is 0 Å². The van der Waals surface area contributed by atoms with Gasteiger partial charge < -0.3 is 5.32 Å². The first-order chi connectivity index (χ1) is 5.29. The summed E-state index contributed by atoms with van der Waals surface area (Å²) in [5, 5.41) is 0.118. The van der Waals surface area contributed by atoms with Gasteiger partial charge in [0.2, 0.25) is 5.91 Å². The smallest absolute Gasteiger partial charge is 0.238 e. The van der Waals surface area contributed by atoms with Gasteiger partial charge in [-0.1, -0.05) is 6.92 Å². The van der Waals surface area contributed by atoms with E-state index >= 15 is 0 Å². The van der Waals surface area contributed by atoms with Crippen LogP contribution in [0.3, 0.4) is 0 Å². The first kappa shape index (κ1) is 8.52. The maximum Gasteiger partial charge on any atom is 0.238 e. The molecule has 0 saturated heterocycles. The van der Waals surface area contributed by atoms with Crippen LogP contribution in [0.4, 0.5) is 0 Å². The van der Waals surface area contributed by atoms with Gasteiger partial charge in [-0.25, -0.2) is 8.42 Å². The summed E-state index contributed by atoms with van der Waals surface area (Å²) >= 11 is 0. The zero-order valence-electron chi connectivity index (χ0n) is 7.84. The molecule has 1 N–H and O–H groups in total. The van der Waals surface area contributed by atoms with Crippen molar-refractivity contribution in [3.05, 3.63) is 0 Å². The Bertz CT molecular complexity index is 275. The lowest BCUT2D eigenvalue weighted by Crippen LogP contribution is -2.36. The van der Waals surface area contributed by atoms with E-state index < -0.39 is 21.0 Å². The van der Waals surface area contributed by atoms with Crippen molar-refractivity contribution < 1.29 is 14.6 Å². The van der Waals surface area contributed by atoms with E-state index in [9.17, 15) is 13.2 Å². The highest BCUT2D eigenvalue weighted by Crippen LogP contribution is 2.03. The molecule has 0 aliphatic carbocycles. The van der Waals surface area contributed by atoms with E-state index in [0.717, 1.165) is 6.26 Å². The third-order valence-corrected chi connectivity index (χ3v) is 2.62.